The van der Waals surface area contributed by atoms with Crippen LogP contribution in [0.2, 0.25) is 0 Å². The number of hydrogen-bond donors (Lipinski definition) is 1. The lowest BCUT2D eigenvalue weighted by molar-refractivity contribution is -0.181. The molecule has 0 atom stereocenters. The number of nitrogens with zero attached hydrogens (tertiary/aromatic N) is 1. The fourth-order valence-electron chi connectivity index (χ4n) is 2.17. The van der Waals surface area contributed by atoms with E-state index in [0.717, 1.165) is 0 Å². The van der Waals surface area contributed by atoms with Gasteiger partial charge in [-0.1, -0.05) is 0 Å². The third-order valence-electron chi connectivity index (χ3n) is 2.79. The molecule has 2 N–H and O–H groups in total. The molecule has 0 radical (unpaired) electrons. The number of nitriles is 1. The van der Waals surface area contributed by atoms with Crippen LogP contribution in [0.1, 0.15) is 19.3 Å². The summed E-state index contributed by atoms with van der Waals surface area (Å²) in [7, 11) is 0. The van der Waals surface area contributed by atoms with Crippen molar-refractivity contribution < 1.29 is 4.79 Å². The monoisotopic (exact) mass is 136 g/mol. The number of carbonyl (C=O) groups excluding carboxylic acids is 1. The molecule has 0 heterocycles. The van der Waals surface area contributed by atoms with Crippen molar-refractivity contribution in [2.45, 2.75) is 19.3 Å². The highest BCUT2D eigenvalue weighted by Gasteiger charge is 2.71. The molecule has 0 saturated heterocycles. The summed E-state index contributed by atoms with van der Waals surface area (Å²) in [4.78, 5) is 10.7. The molecule has 52 valence electrons. The minimum atomic E-state index is -0.254. The standard InChI is InChI=1S/C7H8N2O/c8-4-6-1-7(2-6,3-6)5(9)10/h1-3H2,(H2,9,10). The van der Waals surface area contributed by atoms with Crippen molar-refractivity contribution in [1.82, 2.24) is 0 Å². The van der Waals surface area contributed by atoms with Gasteiger partial charge in [-0.25, -0.2) is 0 Å². The van der Waals surface area contributed by atoms with Crippen molar-refractivity contribution in [2.24, 2.45) is 16.6 Å². The zero-order chi connectivity index (χ0) is 7.41. The summed E-state index contributed by atoms with van der Waals surface area (Å²) in [5, 5.41) is 8.58. The first-order valence-electron chi connectivity index (χ1n) is 3.34. The van der Waals surface area contributed by atoms with Crippen molar-refractivity contribution in [3.8, 4) is 6.07 Å². The minimum Gasteiger partial charge on any atom is -0.369 e. The smallest absolute Gasteiger partial charge is 0.223 e. The molecule has 0 aromatic carbocycles. The Morgan fingerprint density at radius 1 is 1.50 bits per heavy atom. The number of carbonyl (C=O) groups is 1. The molecule has 3 aliphatic rings. The summed E-state index contributed by atoms with van der Waals surface area (Å²) >= 11 is 0. The second kappa shape index (κ2) is 1.20. The van der Waals surface area contributed by atoms with Gasteiger partial charge >= 0.3 is 0 Å². The predicted octanol–water partition coefficient (Wildman–Crippen LogP) is 0.166. The number of amides is 1. The van der Waals surface area contributed by atoms with Crippen molar-refractivity contribution in [3.05, 3.63) is 0 Å². The molecule has 3 aliphatic carbocycles. The number of primary amides is 1. The zero-order valence-electron chi connectivity index (χ0n) is 5.55. The highest BCUT2D eigenvalue weighted by Crippen LogP contribution is 2.72. The molecule has 0 spiro atoms. The summed E-state index contributed by atoms with van der Waals surface area (Å²) in [6.07, 6.45) is 2.14. The maximum Gasteiger partial charge on any atom is 0.223 e. The molecule has 10 heavy (non-hydrogen) atoms. The lowest BCUT2D eigenvalue weighted by atomic mass is 9.35. The first-order valence-corrected chi connectivity index (χ1v) is 3.34. The Labute approximate surface area is 58.8 Å². The van der Waals surface area contributed by atoms with Crippen LogP contribution in [0.3, 0.4) is 0 Å². The lowest BCUT2D eigenvalue weighted by Crippen LogP contribution is -2.66. The maximum absolute atomic E-state index is 10.7. The molecular formula is C7H8N2O. The first-order chi connectivity index (χ1) is 4.63. The topological polar surface area (TPSA) is 66.9 Å². The Kier molecular flexibility index (Phi) is 0.684. The minimum absolute atomic E-state index is 0.144. The average molecular weight is 136 g/mol. The first kappa shape index (κ1) is 5.72. The van der Waals surface area contributed by atoms with E-state index in [2.05, 4.69) is 6.07 Å². The van der Waals surface area contributed by atoms with Crippen molar-refractivity contribution in [2.75, 3.05) is 0 Å². The number of rotatable bonds is 1. The average Bonchev–Trinajstić information content (AvgIpc) is 1.57. The molecule has 0 unspecified atom stereocenters. The Morgan fingerprint density at radius 2 is 2.00 bits per heavy atom. The van der Waals surface area contributed by atoms with Gasteiger partial charge in [0.1, 0.15) is 0 Å². The zero-order valence-corrected chi connectivity index (χ0v) is 5.55. The van der Waals surface area contributed by atoms with Gasteiger partial charge in [-0.2, -0.15) is 5.26 Å². The van der Waals surface area contributed by atoms with Crippen LogP contribution in [0.5, 0.6) is 0 Å². The fraction of sp³-hybridized carbons (Fsp3) is 0.714. The summed E-state index contributed by atoms with van der Waals surface area (Å²) < 4.78 is 0. The SMILES string of the molecule is N#CC12CC(C(N)=O)(C1)C2. The van der Waals surface area contributed by atoms with Crippen LogP contribution in [0.25, 0.3) is 0 Å². The fourth-order valence-corrected chi connectivity index (χ4v) is 2.17. The van der Waals surface area contributed by atoms with E-state index in [-0.39, 0.29) is 16.7 Å². The van der Waals surface area contributed by atoms with Crippen LogP contribution in [0, 0.1) is 22.2 Å². The summed E-state index contributed by atoms with van der Waals surface area (Å²) in [5.41, 5.74) is 4.74. The van der Waals surface area contributed by atoms with E-state index >= 15 is 0 Å². The van der Waals surface area contributed by atoms with Crippen LogP contribution >= 0.6 is 0 Å². The Balaban J connectivity index is 2.13. The van der Waals surface area contributed by atoms with Gasteiger partial charge in [0.2, 0.25) is 5.91 Å². The van der Waals surface area contributed by atoms with E-state index in [9.17, 15) is 4.79 Å². The van der Waals surface area contributed by atoms with Crippen molar-refractivity contribution in [1.29, 1.82) is 5.26 Å². The molecule has 3 saturated carbocycles. The number of nitrogens with two attached hydrogens (primary N) is 1. The number of hydrogen-bond acceptors (Lipinski definition) is 2. The molecular weight excluding hydrogens is 128 g/mol. The second-order valence-corrected chi connectivity index (χ2v) is 3.57. The van der Waals surface area contributed by atoms with Crippen LogP contribution < -0.4 is 5.73 Å². The van der Waals surface area contributed by atoms with Gasteiger partial charge in [0, 0.05) is 0 Å². The van der Waals surface area contributed by atoms with E-state index in [1.54, 1.807) is 0 Å². The van der Waals surface area contributed by atoms with E-state index in [0.29, 0.717) is 19.3 Å². The third-order valence-corrected chi connectivity index (χ3v) is 2.79. The van der Waals surface area contributed by atoms with Gasteiger partial charge in [-0.15, -0.1) is 0 Å². The molecule has 3 rings (SSSR count). The third kappa shape index (κ3) is 0.367. The van der Waals surface area contributed by atoms with Gasteiger partial charge in [-0.05, 0) is 19.3 Å². The molecule has 3 fully saturated rings. The van der Waals surface area contributed by atoms with Crippen LogP contribution in [0.15, 0.2) is 0 Å². The van der Waals surface area contributed by atoms with E-state index in [4.69, 9.17) is 11.0 Å². The van der Waals surface area contributed by atoms with Gasteiger partial charge in [0.15, 0.2) is 0 Å². The van der Waals surface area contributed by atoms with Gasteiger partial charge in [0.05, 0.1) is 16.9 Å². The van der Waals surface area contributed by atoms with Gasteiger partial charge in [-0.3, -0.25) is 4.79 Å². The van der Waals surface area contributed by atoms with Crippen molar-refractivity contribution >= 4 is 5.91 Å². The molecule has 0 aromatic heterocycles. The predicted molar refractivity (Wildman–Crippen MR) is 33.5 cm³/mol. The Morgan fingerprint density at radius 3 is 2.30 bits per heavy atom. The lowest BCUT2D eigenvalue weighted by Gasteiger charge is -2.64. The normalized spacial score (nSPS) is 48.3. The summed E-state index contributed by atoms with van der Waals surface area (Å²) in [6, 6.07) is 2.22. The molecule has 3 heteroatoms. The summed E-state index contributed by atoms with van der Waals surface area (Å²) in [6.45, 7) is 0. The second-order valence-electron chi connectivity index (χ2n) is 3.57. The Hall–Kier alpha value is -1.04. The van der Waals surface area contributed by atoms with Gasteiger partial charge in [0.25, 0.3) is 0 Å². The van der Waals surface area contributed by atoms with E-state index < -0.39 is 0 Å². The molecule has 2 bridgehead atoms. The quantitative estimate of drug-likeness (QED) is 0.558. The van der Waals surface area contributed by atoms with E-state index in [1.807, 2.05) is 0 Å². The van der Waals surface area contributed by atoms with E-state index in [1.165, 1.54) is 0 Å². The highest BCUT2D eigenvalue weighted by atomic mass is 16.1. The van der Waals surface area contributed by atoms with Crippen LogP contribution in [0.4, 0.5) is 0 Å². The largest absolute Gasteiger partial charge is 0.369 e. The van der Waals surface area contributed by atoms with Crippen LogP contribution in [-0.4, -0.2) is 5.91 Å². The summed E-state index contributed by atoms with van der Waals surface area (Å²) in [5.74, 6) is -0.218. The molecule has 1 amide bonds. The van der Waals surface area contributed by atoms with Gasteiger partial charge < -0.3 is 5.73 Å². The van der Waals surface area contributed by atoms with Crippen LogP contribution in [-0.2, 0) is 4.79 Å². The molecule has 0 aliphatic heterocycles. The molecule has 0 aromatic rings. The Bertz CT molecular complexity index is 231. The van der Waals surface area contributed by atoms with Crippen molar-refractivity contribution in [3.63, 3.8) is 0 Å². The molecule has 3 nitrogen and oxygen atoms in total. The maximum atomic E-state index is 10.7. The highest BCUT2D eigenvalue weighted by molar-refractivity contribution is 5.85.